The molecule has 3 aromatic rings. The molecule has 0 amide bonds. The van der Waals surface area contributed by atoms with E-state index in [1.165, 1.54) is 11.3 Å². The molecule has 0 unspecified atom stereocenters. The van der Waals surface area contributed by atoms with Crippen LogP contribution in [-0.4, -0.2) is 19.8 Å². The average Bonchev–Trinajstić information content (AvgIpc) is 2.91. The van der Waals surface area contributed by atoms with Crippen LogP contribution >= 0.6 is 38.9 Å². The van der Waals surface area contributed by atoms with E-state index in [-0.39, 0.29) is 0 Å². The minimum absolute atomic E-state index is 0.682. The van der Waals surface area contributed by atoms with Crippen molar-refractivity contribution in [2.45, 2.75) is 13.3 Å². The summed E-state index contributed by atoms with van der Waals surface area (Å²) >= 11 is 11.1. The van der Waals surface area contributed by atoms with Gasteiger partial charge in [-0.3, -0.25) is 0 Å². The van der Waals surface area contributed by atoms with Gasteiger partial charge in [0, 0.05) is 16.5 Å². The van der Waals surface area contributed by atoms with Crippen LogP contribution in [0.15, 0.2) is 22.7 Å². The predicted octanol–water partition coefficient (Wildman–Crippen LogP) is 3.83. The smallest absolute Gasteiger partial charge is 0.187 e. The molecule has 2 aromatic heterocycles. The number of benzene rings is 1. The summed E-state index contributed by atoms with van der Waals surface area (Å²) in [6, 6.07) is 5.72. The van der Waals surface area contributed by atoms with Crippen LogP contribution < -0.4 is 0 Å². The Bertz CT molecular complexity index is 721. The Morgan fingerprint density at radius 2 is 2.22 bits per heavy atom. The van der Waals surface area contributed by atoms with Crippen molar-refractivity contribution in [1.29, 1.82) is 0 Å². The second-order valence-corrected chi connectivity index (χ2v) is 5.97. The molecule has 0 bridgehead atoms. The normalized spacial score (nSPS) is 11.3. The highest BCUT2D eigenvalue weighted by Crippen LogP contribution is 2.33. The van der Waals surface area contributed by atoms with Crippen LogP contribution in [0.5, 0.6) is 0 Å². The van der Waals surface area contributed by atoms with Gasteiger partial charge in [-0.1, -0.05) is 45.8 Å². The summed E-state index contributed by atoms with van der Waals surface area (Å²) in [7, 11) is 0. The van der Waals surface area contributed by atoms with Gasteiger partial charge in [0.1, 0.15) is 5.01 Å². The van der Waals surface area contributed by atoms with E-state index in [1.807, 2.05) is 25.1 Å². The van der Waals surface area contributed by atoms with Gasteiger partial charge in [-0.2, -0.15) is 9.61 Å². The fourth-order valence-electron chi connectivity index (χ4n) is 1.65. The zero-order valence-electron chi connectivity index (χ0n) is 9.39. The van der Waals surface area contributed by atoms with Gasteiger partial charge in [0.2, 0.25) is 4.96 Å². The molecule has 18 heavy (non-hydrogen) atoms. The Balaban J connectivity index is 2.19. The highest BCUT2D eigenvalue weighted by Gasteiger charge is 2.14. The molecule has 0 atom stereocenters. The molecule has 1 aromatic carbocycles. The molecular weight excluding hydrogens is 336 g/mol. The van der Waals surface area contributed by atoms with Crippen LogP contribution in [0.3, 0.4) is 0 Å². The maximum Gasteiger partial charge on any atom is 0.234 e. The Morgan fingerprint density at radius 1 is 1.39 bits per heavy atom. The molecule has 4 nitrogen and oxygen atoms in total. The summed E-state index contributed by atoms with van der Waals surface area (Å²) in [5.41, 5.74) is 0.906. The lowest BCUT2D eigenvalue weighted by Gasteiger charge is -2.00. The van der Waals surface area contributed by atoms with Gasteiger partial charge in [0.15, 0.2) is 5.82 Å². The largest absolute Gasteiger partial charge is 0.234 e. The first-order chi connectivity index (χ1) is 8.69. The molecule has 0 saturated carbocycles. The van der Waals surface area contributed by atoms with E-state index in [9.17, 15) is 0 Å². The van der Waals surface area contributed by atoms with Gasteiger partial charge >= 0.3 is 0 Å². The van der Waals surface area contributed by atoms with Gasteiger partial charge in [0.05, 0.1) is 5.02 Å². The molecule has 0 radical (unpaired) electrons. The summed E-state index contributed by atoms with van der Waals surface area (Å²) < 4.78 is 2.75. The first kappa shape index (κ1) is 12.1. The van der Waals surface area contributed by atoms with E-state index in [2.05, 4.69) is 31.2 Å². The zero-order valence-corrected chi connectivity index (χ0v) is 12.6. The van der Waals surface area contributed by atoms with E-state index < -0.39 is 0 Å². The number of rotatable bonds is 2. The third-order valence-electron chi connectivity index (χ3n) is 2.53. The monoisotopic (exact) mass is 342 g/mol. The highest BCUT2D eigenvalue weighted by atomic mass is 79.9. The first-order valence-electron chi connectivity index (χ1n) is 5.35. The molecule has 3 rings (SSSR count). The minimum Gasteiger partial charge on any atom is -0.187 e. The SMILES string of the molecule is CCc1nnc2sc(-c3cc(Br)ccc3Cl)nn12. The number of hydrogen-bond donors (Lipinski definition) is 0. The van der Waals surface area contributed by atoms with E-state index in [1.54, 1.807) is 4.52 Å². The Morgan fingerprint density at radius 3 is 3.00 bits per heavy atom. The van der Waals surface area contributed by atoms with Crippen LogP contribution in [0, 0.1) is 0 Å². The molecule has 0 N–H and O–H groups in total. The van der Waals surface area contributed by atoms with Crippen molar-refractivity contribution in [3.05, 3.63) is 33.5 Å². The van der Waals surface area contributed by atoms with Crippen molar-refractivity contribution in [2.24, 2.45) is 0 Å². The van der Waals surface area contributed by atoms with Crippen molar-refractivity contribution in [1.82, 2.24) is 19.8 Å². The quantitative estimate of drug-likeness (QED) is 0.710. The maximum atomic E-state index is 6.20. The molecule has 0 saturated heterocycles. The van der Waals surface area contributed by atoms with Gasteiger partial charge in [0.25, 0.3) is 0 Å². The van der Waals surface area contributed by atoms with Crippen LogP contribution in [0.1, 0.15) is 12.7 Å². The number of halogens is 2. The van der Waals surface area contributed by atoms with Crippen LogP contribution in [0.2, 0.25) is 5.02 Å². The third-order valence-corrected chi connectivity index (χ3v) is 4.29. The summed E-state index contributed by atoms with van der Waals surface area (Å²) in [5.74, 6) is 0.860. The standard InChI is InChI=1S/C11H8BrClN4S/c1-2-9-14-15-11-17(9)16-10(18-11)7-5-6(12)3-4-8(7)13/h3-5H,2H2,1H3. The van der Waals surface area contributed by atoms with Crippen molar-refractivity contribution in [3.63, 3.8) is 0 Å². The van der Waals surface area contributed by atoms with Gasteiger partial charge in [-0.15, -0.1) is 10.2 Å². The minimum atomic E-state index is 0.682. The van der Waals surface area contributed by atoms with Crippen molar-refractivity contribution < 1.29 is 0 Å². The summed E-state index contributed by atoms with van der Waals surface area (Å²) in [6.45, 7) is 2.03. The molecule has 7 heteroatoms. The van der Waals surface area contributed by atoms with Crippen molar-refractivity contribution in [3.8, 4) is 10.6 Å². The molecule has 2 heterocycles. The van der Waals surface area contributed by atoms with Gasteiger partial charge in [-0.05, 0) is 18.2 Å². The fraction of sp³-hybridized carbons (Fsp3) is 0.182. The lowest BCUT2D eigenvalue weighted by atomic mass is 10.2. The lowest BCUT2D eigenvalue weighted by Crippen LogP contribution is -1.93. The second-order valence-electron chi connectivity index (χ2n) is 3.70. The topological polar surface area (TPSA) is 43.1 Å². The van der Waals surface area contributed by atoms with E-state index in [0.29, 0.717) is 5.02 Å². The molecular formula is C11H8BrClN4S. The first-order valence-corrected chi connectivity index (χ1v) is 7.34. The predicted molar refractivity (Wildman–Crippen MR) is 76.2 cm³/mol. The highest BCUT2D eigenvalue weighted by molar-refractivity contribution is 9.10. The summed E-state index contributed by atoms with van der Waals surface area (Å²) in [6.07, 6.45) is 0.802. The van der Waals surface area contributed by atoms with Crippen LogP contribution in [0.4, 0.5) is 0 Å². The van der Waals surface area contributed by atoms with Crippen molar-refractivity contribution >= 4 is 43.8 Å². The molecule has 0 spiro atoms. The lowest BCUT2D eigenvalue weighted by molar-refractivity contribution is 0.838. The average molecular weight is 344 g/mol. The van der Waals surface area contributed by atoms with Gasteiger partial charge < -0.3 is 0 Å². The summed E-state index contributed by atoms with van der Waals surface area (Å²) in [5, 5.41) is 14.2. The molecule has 0 aliphatic carbocycles. The van der Waals surface area contributed by atoms with Crippen molar-refractivity contribution in [2.75, 3.05) is 0 Å². The molecule has 92 valence electrons. The molecule has 0 aliphatic heterocycles. The van der Waals surface area contributed by atoms with E-state index in [0.717, 1.165) is 32.2 Å². The maximum absolute atomic E-state index is 6.20. The van der Waals surface area contributed by atoms with E-state index >= 15 is 0 Å². The van der Waals surface area contributed by atoms with Crippen LogP contribution in [0.25, 0.3) is 15.5 Å². The number of aromatic nitrogens is 4. The number of hydrogen-bond acceptors (Lipinski definition) is 4. The third kappa shape index (κ3) is 1.94. The zero-order chi connectivity index (χ0) is 12.7. The molecule has 0 aliphatic rings. The number of aryl methyl sites for hydroxylation is 1. The van der Waals surface area contributed by atoms with Crippen LogP contribution in [-0.2, 0) is 6.42 Å². The number of fused-ring (bicyclic) bond motifs is 1. The summed E-state index contributed by atoms with van der Waals surface area (Å²) in [4.78, 5) is 0.790. The number of nitrogens with zero attached hydrogens (tertiary/aromatic N) is 4. The van der Waals surface area contributed by atoms with Gasteiger partial charge in [-0.25, -0.2) is 0 Å². The Hall–Kier alpha value is -0.980. The van der Waals surface area contributed by atoms with E-state index in [4.69, 9.17) is 11.6 Å². The Kier molecular flexibility index (Phi) is 3.09. The fourth-order valence-corrected chi connectivity index (χ4v) is 3.16. The second kappa shape index (κ2) is 4.60. The Labute approximate surface area is 121 Å². The molecule has 0 fully saturated rings.